The predicted octanol–water partition coefficient (Wildman–Crippen LogP) is 3.61. The van der Waals surface area contributed by atoms with E-state index in [0.29, 0.717) is 12.8 Å². The van der Waals surface area contributed by atoms with E-state index in [-0.39, 0.29) is 0 Å². The molecule has 0 bridgehead atoms. The third kappa shape index (κ3) is 5.34. The highest BCUT2D eigenvalue weighted by Crippen LogP contribution is 2.31. The fraction of sp³-hybridized carbons (Fsp3) is 0.929. The lowest BCUT2D eigenvalue weighted by Gasteiger charge is -2.36. The molecule has 0 aromatic heterocycles. The summed E-state index contributed by atoms with van der Waals surface area (Å²) in [5.41, 5.74) is -0.813. The summed E-state index contributed by atoms with van der Waals surface area (Å²) in [6.45, 7) is 5.90. The molecule has 0 unspecified atom stereocenters. The molecule has 0 spiro atoms. The van der Waals surface area contributed by atoms with Crippen LogP contribution >= 0.6 is 0 Å². The van der Waals surface area contributed by atoms with Gasteiger partial charge in [0.15, 0.2) is 5.60 Å². The minimum Gasteiger partial charge on any atom is -0.331 e. The molecule has 0 aromatic carbocycles. The molecule has 4 nitrogen and oxygen atoms in total. The van der Waals surface area contributed by atoms with Gasteiger partial charge in [0.2, 0.25) is 0 Å². The van der Waals surface area contributed by atoms with E-state index in [1.54, 1.807) is 6.92 Å². The van der Waals surface area contributed by atoms with Gasteiger partial charge in [-0.2, -0.15) is 5.26 Å². The molecule has 0 saturated carbocycles. The molecule has 0 amide bonds. The van der Waals surface area contributed by atoms with Crippen molar-refractivity contribution >= 4 is 0 Å². The summed E-state index contributed by atoms with van der Waals surface area (Å²) in [5.74, 6) is -1.16. The first-order valence-corrected chi connectivity index (χ1v) is 6.73. The van der Waals surface area contributed by atoms with Crippen molar-refractivity contribution < 1.29 is 14.2 Å². The van der Waals surface area contributed by atoms with E-state index in [1.807, 2.05) is 0 Å². The molecule has 18 heavy (non-hydrogen) atoms. The standard InChI is InChI=1S/C14H27NO3/c1-6-8-10-14(12-15,11-9-7-2)18-13(3,16-4)17-5/h6-11H2,1-5H3. The fourth-order valence-corrected chi connectivity index (χ4v) is 1.81. The third-order valence-electron chi connectivity index (χ3n) is 3.19. The quantitative estimate of drug-likeness (QED) is 0.561. The van der Waals surface area contributed by atoms with Crippen molar-refractivity contribution in [1.82, 2.24) is 0 Å². The number of unbranched alkanes of at least 4 members (excludes halogenated alkanes) is 2. The van der Waals surface area contributed by atoms with Crippen molar-refractivity contribution in [1.29, 1.82) is 5.26 Å². The Bertz CT molecular complexity index is 248. The van der Waals surface area contributed by atoms with Crippen molar-refractivity contribution in [3.8, 4) is 6.07 Å². The molecule has 0 saturated heterocycles. The van der Waals surface area contributed by atoms with Crippen LogP contribution in [0.15, 0.2) is 0 Å². The van der Waals surface area contributed by atoms with Gasteiger partial charge in [0.05, 0.1) is 6.07 Å². The number of hydrogen-bond donors (Lipinski definition) is 0. The fourth-order valence-electron chi connectivity index (χ4n) is 1.81. The average molecular weight is 257 g/mol. The minimum atomic E-state index is -1.16. The Labute approximate surface area is 111 Å². The third-order valence-corrected chi connectivity index (χ3v) is 3.19. The molecular formula is C14H27NO3. The molecular weight excluding hydrogens is 230 g/mol. The molecule has 0 aromatic rings. The van der Waals surface area contributed by atoms with Crippen LogP contribution in [0.1, 0.15) is 59.3 Å². The van der Waals surface area contributed by atoms with Crippen molar-refractivity contribution in [2.45, 2.75) is 70.9 Å². The van der Waals surface area contributed by atoms with Crippen LogP contribution in [0, 0.1) is 11.3 Å². The molecule has 0 radical (unpaired) electrons. The maximum absolute atomic E-state index is 9.50. The van der Waals surface area contributed by atoms with E-state index in [4.69, 9.17) is 14.2 Å². The SMILES string of the molecule is CCCCC(C#N)(CCCC)OC(C)(OC)OC. The van der Waals surface area contributed by atoms with Crippen molar-refractivity contribution in [2.75, 3.05) is 14.2 Å². The largest absolute Gasteiger partial charge is 0.331 e. The number of rotatable bonds is 10. The van der Waals surface area contributed by atoms with Gasteiger partial charge < -0.3 is 14.2 Å². The van der Waals surface area contributed by atoms with E-state index in [9.17, 15) is 5.26 Å². The van der Waals surface area contributed by atoms with Gasteiger partial charge in [-0.05, 0) is 25.7 Å². The van der Waals surface area contributed by atoms with E-state index in [0.717, 1.165) is 25.7 Å². The van der Waals surface area contributed by atoms with Crippen molar-refractivity contribution in [3.63, 3.8) is 0 Å². The van der Waals surface area contributed by atoms with Crippen LogP contribution in [0.5, 0.6) is 0 Å². The van der Waals surface area contributed by atoms with Gasteiger partial charge in [-0.1, -0.05) is 26.7 Å². The average Bonchev–Trinajstić information content (AvgIpc) is 2.42. The van der Waals surface area contributed by atoms with Gasteiger partial charge >= 0.3 is 0 Å². The Morgan fingerprint density at radius 3 is 1.72 bits per heavy atom. The maximum Gasteiger partial charge on any atom is 0.280 e. The van der Waals surface area contributed by atoms with Crippen LogP contribution in [0.3, 0.4) is 0 Å². The zero-order valence-corrected chi connectivity index (χ0v) is 12.4. The highest BCUT2D eigenvalue weighted by atomic mass is 16.9. The second-order valence-corrected chi connectivity index (χ2v) is 4.69. The first-order chi connectivity index (χ1) is 8.51. The second kappa shape index (κ2) is 8.47. The van der Waals surface area contributed by atoms with E-state index in [2.05, 4.69) is 19.9 Å². The van der Waals surface area contributed by atoms with Gasteiger partial charge in [0, 0.05) is 21.1 Å². The van der Waals surface area contributed by atoms with Crippen molar-refractivity contribution in [2.24, 2.45) is 0 Å². The Balaban J connectivity index is 4.87. The smallest absolute Gasteiger partial charge is 0.280 e. The lowest BCUT2D eigenvalue weighted by molar-refractivity contribution is -0.379. The Morgan fingerprint density at radius 1 is 1.00 bits per heavy atom. The maximum atomic E-state index is 9.50. The first kappa shape index (κ1) is 17.4. The number of nitrogens with zero attached hydrogens (tertiary/aromatic N) is 1. The number of methoxy groups -OCH3 is 2. The molecule has 0 rings (SSSR count). The molecule has 0 heterocycles. The summed E-state index contributed by atoms with van der Waals surface area (Å²) in [5, 5.41) is 9.50. The summed E-state index contributed by atoms with van der Waals surface area (Å²) in [4.78, 5) is 0. The number of nitriles is 1. The first-order valence-electron chi connectivity index (χ1n) is 6.73. The van der Waals surface area contributed by atoms with Crippen LogP contribution in [0.2, 0.25) is 0 Å². The van der Waals surface area contributed by atoms with Gasteiger partial charge in [-0.3, -0.25) is 0 Å². The minimum absolute atomic E-state index is 0.711. The normalized spacial score (nSPS) is 12.4. The van der Waals surface area contributed by atoms with Crippen LogP contribution in [-0.4, -0.2) is 25.8 Å². The lowest BCUT2D eigenvalue weighted by atomic mass is 9.92. The Hall–Kier alpha value is -0.630. The second-order valence-electron chi connectivity index (χ2n) is 4.69. The molecule has 0 aliphatic heterocycles. The summed E-state index contributed by atoms with van der Waals surface area (Å²) in [6.07, 6.45) is 5.41. The molecule has 106 valence electrons. The van der Waals surface area contributed by atoms with Gasteiger partial charge in [0.25, 0.3) is 5.97 Å². The van der Waals surface area contributed by atoms with E-state index in [1.165, 1.54) is 14.2 Å². The van der Waals surface area contributed by atoms with Gasteiger partial charge in [-0.15, -0.1) is 0 Å². The molecule has 0 N–H and O–H groups in total. The Morgan fingerprint density at radius 2 is 1.44 bits per heavy atom. The van der Waals surface area contributed by atoms with Crippen LogP contribution in [0.25, 0.3) is 0 Å². The number of hydrogen-bond acceptors (Lipinski definition) is 4. The zero-order valence-electron chi connectivity index (χ0n) is 12.4. The highest BCUT2D eigenvalue weighted by molar-refractivity contribution is 5.02. The number of ether oxygens (including phenoxy) is 3. The summed E-state index contributed by atoms with van der Waals surface area (Å²) < 4.78 is 16.3. The predicted molar refractivity (Wildman–Crippen MR) is 70.9 cm³/mol. The monoisotopic (exact) mass is 257 g/mol. The summed E-state index contributed by atoms with van der Waals surface area (Å²) in [7, 11) is 3.04. The Kier molecular flexibility index (Phi) is 8.17. The molecule has 0 aliphatic carbocycles. The zero-order chi connectivity index (χ0) is 14.1. The van der Waals surface area contributed by atoms with E-state index < -0.39 is 11.6 Å². The molecule has 0 atom stereocenters. The molecule has 0 aliphatic rings. The highest BCUT2D eigenvalue weighted by Gasteiger charge is 2.39. The summed E-state index contributed by atoms with van der Waals surface area (Å²) in [6, 6.07) is 2.33. The van der Waals surface area contributed by atoms with Gasteiger partial charge in [-0.25, -0.2) is 0 Å². The van der Waals surface area contributed by atoms with E-state index >= 15 is 0 Å². The van der Waals surface area contributed by atoms with Crippen LogP contribution in [0.4, 0.5) is 0 Å². The molecule has 4 heteroatoms. The summed E-state index contributed by atoms with van der Waals surface area (Å²) >= 11 is 0. The van der Waals surface area contributed by atoms with Crippen LogP contribution < -0.4 is 0 Å². The lowest BCUT2D eigenvalue weighted by Crippen LogP contribution is -2.44. The van der Waals surface area contributed by atoms with Crippen LogP contribution in [-0.2, 0) is 14.2 Å². The molecule has 0 fully saturated rings. The van der Waals surface area contributed by atoms with Gasteiger partial charge in [0.1, 0.15) is 0 Å². The topological polar surface area (TPSA) is 51.5 Å². The van der Waals surface area contributed by atoms with Crippen molar-refractivity contribution in [3.05, 3.63) is 0 Å².